The van der Waals surface area contributed by atoms with Gasteiger partial charge in [-0.15, -0.1) is 0 Å². The standard InChI is InChI=1S/C27H29N5O5S/c1-31(2)15-16-32(38(4,35)36)21-8-6-20(7-9-21)29-25(18-11-13-28-14-12-18)24-22-10-5-19(27(34)37-3)17-23(22)30-26(24)33/h5-14,17,30,33H,15-16H2,1-4H3. The fourth-order valence-corrected chi connectivity index (χ4v) is 4.96. The summed E-state index contributed by atoms with van der Waals surface area (Å²) in [4.78, 5) is 25.7. The van der Waals surface area contributed by atoms with Gasteiger partial charge in [0.2, 0.25) is 10.0 Å². The Hall–Kier alpha value is -4.22. The second kappa shape index (κ2) is 11.0. The molecule has 0 aliphatic heterocycles. The zero-order chi connectivity index (χ0) is 27.4. The molecule has 0 amide bonds. The molecule has 2 aromatic carbocycles. The quantitative estimate of drug-likeness (QED) is 0.248. The summed E-state index contributed by atoms with van der Waals surface area (Å²) in [5.74, 6) is -0.597. The van der Waals surface area contributed by atoms with Crippen molar-refractivity contribution in [3.8, 4) is 5.88 Å². The summed E-state index contributed by atoms with van der Waals surface area (Å²) in [6.07, 6.45) is 4.44. The summed E-state index contributed by atoms with van der Waals surface area (Å²) in [7, 11) is 1.60. The SMILES string of the molecule is COC(=O)c1ccc2c(C(=Nc3ccc(N(CCN(C)C)S(C)(=O)=O)cc3)c3ccncc3)c(O)[nH]c2c1. The second-order valence-corrected chi connectivity index (χ2v) is 10.9. The molecule has 0 radical (unpaired) electrons. The molecular weight excluding hydrogens is 506 g/mol. The van der Waals surface area contributed by atoms with Gasteiger partial charge in [-0.25, -0.2) is 18.2 Å². The molecule has 10 nitrogen and oxygen atoms in total. The summed E-state index contributed by atoms with van der Waals surface area (Å²) >= 11 is 0. The maximum absolute atomic E-state index is 12.4. The van der Waals surface area contributed by atoms with Crippen LogP contribution in [0.3, 0.4) is 0 Å². The Morgan fingerprint density at radius 3 is 2.32 bits per heavy atom. The molecule has 11 heteroatoms. The molecule has 0 saturated heterocycles. The number of carbonyl (C=O) groups excluding carboxylic acids is 1. The van der Waals surface area contributed by atoms with Gasteiger partial charge in [0.1, 0.15) is 0 Å². The predicted octanol–water partition coefficient (Wildman–Crippen LogP) is 3.55. The van der Waals surface area contributed by atoms with Crippen LogP contribution in [0.2, 0.25) is 0 Å². The lowest BCUT2D eigenvalue weighted by Gasteiger charge is -2.24. The number of anilines is 1. The highest BCUT2D eigenvalue weighted by atomic mass is 32.2. The minimum atomic E-state index is -3.48. The molecule has 0 spiro atoms. The highest BCUT2D eigenvalue weighted by molar-refractivity contribution is 7.92. The van der Waals surface area contributed by atoms with Gasteiger partial charge < -0.3 is 19.7 Å². The van der Waals surface area contributed by atoms with Gasteiger partial charge in [0.25, 0.3) is 0 Å². The molecule has 0 atom stereocenters. The van der Waals surface area contributed by atoms with E-state index in [2.05, 4.69) is 9.97 Å². The van der Waals surface area contributed by atoms with Crippen molar-refractivity contribution in [2.75, 3.05) is 44.9 Å². The first kappa shape index (κ1) is 26.8. The van der Waals surface area contributed by atoms with Crippen LogP contribution in [0, 0.1) is 0 Å². The first-order valence-corrected chi connectivity index (χ1v) is 13.6. The first-order valence-electron chi connectivity index (χ1n) is 11.7. The Labute approximate surface area is 221 Å². The van der Waals surface area contributed by atoms with Gasteiger partial charge in [-0.1, -0.05) is 6.07 Å². The molecule has 2 aromatic heterocycles. The van der Waals surface area contributed by atoms with Crippen LogP contribution in [0.5, 0.6) is 5.88 Å². The van der Waals surface area contributed by atoms with Crippen LogP contribution in [0.4, 0.5) is 11.4 Å². The van der Waals surface area contributed by atoms with Gasteiger partial charge in [-0.05, 0) is 62.6 Å². The second-order valence-electron chi connectivity index (χ2n) is 8.95. The third-order valence-electron chi connectivity index (χ3n) is 5.92. The van der Waals surface area contributed by atoms with E-state index >= 15 is 0 Å². The molecule has 4 rings (SSSR count). The number of hydrogen-bond acceptors (Lipinski definition) is 8. The lowest BCUT2D eigenvalue weighted by atomic mass is 10.0. The summed E-state index contributed by atoms with van der Waals surface area (Å²) in [5.41, 5.74) is 3.61. The zero-order valence-electron chi connectivity index (χ0n) is 21.5. The smallest absolute Gasteiger partial charge is 0.337 e. The number of likely N-dealkylation sites (N-methyl/N-ethyl adjacent to an activating group) is 1. The van der Waals surface area contributed by atoms with Crippen molar-refractivity contribution in [3.63, 3.8) is 0 Å². The fourth-order valence-electron chi connectivity index (χ4n) is 4.04. The van der Waals surface area contributed by atoms with E-state index in [1.807, 2.05) is 19.0 Å². The molecule has 2 N–H and O–H groups in total. The van der Waals surface area contributed by atoms with E-state index in [0.717, 1.165) is 0 Å². The van der Waals surface area contributed by atoms with Crippen LogP contribution >= 0.6 is 0 Å². The van der Waals surface area contributed by atoms with E-state index in [9.17, 15) is 18.3 Å². The minimum absolute atomic E-state index is 0.110. The molecule has 0 aliphatic rings. The molecule has 2 heterocycles. The Balaban J connectivity index is 1.80. The average Bonchev–Trinajstić information content (AvgIpc) is 3.21. The Bertz CT molecular complexity index is 1580. The summed E-state index contributed by atoms with van der Waals surface area (Å²) in [6.45, 7) is 0.879. The number of aromatic hydroxyl groups is 1. The number of fused-ring (bicyclic) bond motifs is 1. The number of benzene rings is 2. The van der Waals surface area contributed by atoms with E-state index < -0.39 is 16.0 Å². The third kappa shape index (κ3) is 5.84. The molecule has 0 fully saturated rings. The summed E-state index contributed by atoms with van der Waals surface area (Å²) in [5, 5.41) is 11.6. The van der Waals surface area contributed by atoms with E-state index in [0.29, 0.717) is 57.8 Å². The highest BCUT2D eigenvalue weighted by Crippen LogP contribution is 2.32. The molecule has 0 unspecified atom stereocenters. The van der Waals surface area contributed by atoms with Gasteiger partial charge in [0, 0.05) is 41.9 Å². The number of sulfonamides is 1. The Morgan fingerprint density at radius 1 is 1.03 bits per heavy atom. The maximum Gasteiger partial charge on any atom is 0.337 e. The van der Waals surface area contributed by atoms with Crippen molar-refractivity contribution in [1.82, 2.24) is 14.9 Å². The van der Waals surface area contributed by atoms with Crippen molar-refractivity contribution in [1.29, 1.82) is 0 Å². The van der Waals surface area contributed by atoms with E-state index in [1.54, 1.807) is 67.0 Å². The van der Waals surface area contributed by atoms with E-state index in [1.165, 1.54) is 17.7 Å². The maximum atomic E-state index is 12.4. The van der Waals surface area contributed by atoms with Gasteiger partial charge >= 0.3 is 5.97 Å². The number of pyridine rings is 1. The van der Waals surface area contributed by atoms with E-state index in [-0.39, 0.29) is 5.88 Å². The lowest BCUT2D eigenvalue weighted by molar-refractivity contribution is 0.0601. The molecule has 38 heavy (non-hydrogen) atoms. The van der Waals surface area contributed by atoms with Crippen LogP contribution < -0.4 is 4.31 Å². The normalized spacial score (nSPS) is 12.2. The molecule has 0 aliphatic carbocycles. The number of ether oxygens (including phenoxy) is 1. The number of carbonyl (C=O) groups is 1. The number of methoxy groups -OCH3 is 1. The van der Waals surface area contributed by atoms with Gasteiger partial charge in [0.05, 0.1) is 41.6 Å². The number of hydrogen-bond donors (Lipinski definition) is 2. The van der Waals surface area contributed by atoms with E-state index in [4.69, 9.17) is 9.73 Å². The Morgan fingerprint density at radius 2 is 1.71 bits per heavy atom. The number of nitrogens with zero attached hydrogens (tertiary/aromatic N) is 4. The largest absolute Gasteiger partial charge is 0.494 e. The third-order valence-corrected chi connectivity index (χ3v) is 7.11. The summed E-state index contributed by atoms with van der Waals surface area (Å²) < 4.78 is 31.0. The lowest BCUT2D eigenvalue weighted by Crippen LogP contribution is -2.35. The van der Waals surface area contributed by atoms with Crippen molar-refractivity contribution in [2.45, 2.75) is 0 Å². The van der Waals surface area contributed by atoms with Gasteiger partial charge in [0.15, 0.2) is 5.88 Å². The minimum Gasteiger partial charge on any atom is -0.494 e. The van der Waals surface area contributed by atoms with Crippen LogP contribution in [0.25, 0.3) is 10.9 Å². The van der Waals surface area contributed by atoms with Crippen LogP contribution in [-0.4, -0.2) is 80.6 Å². The number of H-pyrrole nitrogens is 1. The monoisotopic (exact) mass is 535 g/mol. The van der Waals surface area contributed by atoms with Crippen molar-refractivity contribution in [3.05, 3.63) is 83.7 Å². The average molecular weight is 536 g/mol. The topological polar surface area (TPSA) is 128 Å². The molecule has 4 aromatic rings. The van der Waals surface area contributed by atoms with Crippen molar-refractivity contribution >= 4 is 44.0 Å². The predicted molar refractivity (Wildman–Crippen MR) is 148 cm³/mol. The molecule has 0 bridgehead atoms. The molecule has 0 saturated carbocycles. The van der Waals surface area contributed by atoms with Gasteiger partial charge in [-0.2, -0.15) is 0 Å². The van der Waals surface area contributed by atoms with Crippen molar-refractivity contribution < 1.29 is 23.1 Å². The number of rotatable bonds is 9. The summed E-state index contributed by atoms with van der Waals surface area (Å²) in [6, 6.07) is 15.4. The van der Waals surface area contributed by atoms with Crippen LogP contribution in [0.1, 0.15) is 21.5 Å². The van der Waals surface area contributed by atoms with Crippen LogP contribution in [-0.2, 0) is 14.8 Å². The number of esters is 1. The fraction of sp³-hybridized carbons (Fsp3) is 0.222. The first-order chi connectivity index (χ1) is 18.1. The number of aromatic nitrogens is 2. The van der Waals surface area contributed by atoms with Crippen LogP contribution in [0.15, 0.2) is 72.0 Å². The number of aliphatic imine (C=N–C) groups is 1. The van der Waals surface area contributed by atoms with Gasteiger partial charge in [-0.3, -0.25) is 9.29 Å². The van der Waals surface area contributed by atoms with Crippen molar-refractivity contribution in [2.24, 2.45) is 4.99 Å². The zero-order valence-corrected chi connectivity index (χ0v) is 22.4. The highest BCUT2D eigenvalue weighted by Gasteiger charge is 2.21. The molecule has 198 valence electrons. The number of aromatic amines is 1. The molecular formula is C27H29N5O5S. The Kier molecular flexibility index (Phi) is 7.79. The number of nitrogens with one attached hydrogen (secondary N) is 1.